The first-order chi connectivity index (χ1) is 11.1. The van der Waals surface area contributed by atoms with Crippen molar-refractivity contribution >= 4 is 23.3 Å². The molecule has 10 nitrogen and oxygen atoms in total. The third-order valence-electron chi connectivity index (χ3n) is 2.63. The summed E-state index contributed by atoms with van der Waals surface area (Å²) in [4.78, 5) is 36.9. The number of rotatable bonds is 4. The molecule has 2 aromatic rings. The van der Waals surface area contributed by atoms with Crippen LogP contribution in [0.4, 0.5) is 16.2 Å². The van der Waals surface area contributed by atoms with Crippen LogP contribution in [0.5, 0.6) is 0 Å². The summed E-state index contributed by atoms with van der Waals surface area (Å²) in [5.41, 5.74) is 9.83. The molecule has 0 saturated heterocycles. The summed E-state index contributed by atoms with van der Waals surface area (Å²) in [6.45, 7) is 0. The minimum atomic E-state index is -0.717. The van der Waals surface area contributed by atoms with Crippen molar-refractivity contribution in [1.29, 1.82) is 0 Å². The molecule has 4 N–H and O–H groups in total. The normalized spacial score (nSPS) is 9.57. The second kappa shape index (κ2) is 7.36. The van der Waals surface area contributed by atoms with E-state index >= 15 is 0 Å². The lowest BCUT2D eigenvalue weighted by Crippen LogP contribution is -2.48. The van der Waals surface area contributed by atoms with Gasteiger partial charge in [-0.1, -0.05) is 0 Å². The molecule has 1 aromatic heterocycles. The molecule has 0 radical (unpaired) electrons. The molecule has 0 unspecified atom stereocenters. The number of nitrogens with one attached hydrogen (secondary N) is 4. The summed E-state index contributed by atoms with van der Waals surface area (Å²) in [5.74, 6) is -0.502. The molecule has 0 aliphatic rings. The number of aromatic nitrogens is 1. The molecule has 118 valence electrons. The number of benzene rings is 1. The van der Waals surface area contributed by atoms with Crippen molar-refractivity contribution in [3.8, 4) is 0 Å². The molecular formula is C13H12N6O4. The Bertz CT molecular complexity index is 704. The Kier molecular flexibility index (Phi) is 5.02. The Hall–Kier alpha value is -3.69. The van der Waals surface area contributed by atoms with Crippen LogP contribution in [-0.2, 0) is 0 Å². The smallest absolute Gasteiger partial charge is 0.297 e. The highest BCUT2D eigenvalue weighted by Gasteiger charge is 2.07. The average Bonchev–Trinajstić information content (AvgIpc) is 2.59. The van der Waals surface area contributed by atoms with E-state index in [2.05, 4.69) is 26.7 Å². The third kappa shape index (κ3) is 4.67. The van der Waals surface area contributed by atoms with Gasteiger partial charge in [-0.15, -0.1) is 0 Å². The highest BCUT2D eigenvalue weighted by molar-refractivity contribution is 5.95. The number of carbonyl (C=O) groups is 2. The molecule has 0 aliphatic heterocycles. The van der Waals surface area contributed by atoms with E-state index < -0.39 is 16.9 Å². The summed E-state index contributed by atoms with van der Waals surface area (Å²) in [5, 5.41) is 10.5. The number of non-ortho nitro benzene ring substituents is 1. The topological polar surface area (TPSA) is 138 Å². The second-order valence-corrected chi connectivity index (χ2v) is 4.20. The highest BCUT2D eigenvalue weighted by Crippen LogP contribution is 2.14. The number of hydrogen-bond acceptors (Lipinski definition) is 6. The van der Waals surface area contributed by atoms with Gasteiger partial charge in [0.1, 0.15) is 0 Å². The van der Waals surface area contributed by atoms with Crippen molar-refractivity contribution in [3.05, 3.63) is 64.5 Å². The van der Waals surface area contributed by atoms with E-state index in [1.54, 1.807) is 0 Å². The molecule has 0 bridgehead atoms. The largest absolute Gasteiger partial charge is 0.352 e. The molecule has 0 saturated carbocycles. The quantitative estimate of drug-likeness (QED) is 0.489. The first-order valence-corrected chi connectivity index (χ1v) is 6.33. The fourth-order valence-corrected chi connectivity index (χ4v) is 1.52. The molecule has 1 heterocycles. The Balaban J connectivity index is 1.77. The van der Waals surface area contributed by atoms with Gasteiger partial charge in [0.25, 0.3) is 11.6 Å². The van der Waals surface area contributed by atoms with Gasteiger partial charge in [0.2, 0.25) is 0 Å². The van der Waals surface area contributed by atoms with Crippen molar-refractivity contribution in [2.24, 2.45) is 0 Å². The number of nitro benzene ring substituents is 1. The van der Waals surface area contributed by atoms with Gasteiger partial charge in [-0.25, -0.2) is 10.2 Å². The van der Waals surface area contributed by atoms with Gasteiger partial charge >= 0.3 is 6.03 Å². The number of amides is 3. The summed E-state index contributed by atoms with van der Waals surface area (Å²) >= 11 is 0. The van der Waals surface area contributed by atoms with Crippen LogP contribution in [0.3, 0.4) is 0 Å². The molecule has 0 atom stereocenters. The monoisotopic (exact) mass is 316 g/mol. The van der Waals surface area contributed by atoms with Crippen LogP contribution in [0.25, 0.3) is 0 Å². The van der Waals surface area contributed by atoms with Gasteiger partial charge in [-0.3, -0.25) is 36.2 Å². The van der Waals surface area contributed by atoms with Gasteiger partial charge in [-0.2, -0.15) is 0 Å². The van der Waals surface area contributed by atoms with Crippen molar-refractivity contribution in [2.45, 2.75) is 0 Å². The number of carbonyl (C=O) groups excluding carboxylic acids is 2. The minimum Gasteiger partial charge on any atom is -0.297 e. The third-order valence-corrected chi connectivity index (χ3v) is 2.63. The van der Waals surface area contributed by atoms with Crippen LogP contribution in [0.2, 0.25) is 0 Å². The maximum Gasteiger partial charge on any atom is 0.352 e. The Labute approximate surface area is 130 Å². The number of pyridine rings is 1. The summed E-state index contributed by atoms with van der Waals surface area (Å²) in [6, 6.07) is 7.68. The maximum atomic E-state index is 11.7. The molecule has 10 heteroatoms. The van der Waals surface area contributed by atoms with Gasteiger partial charge in [0.05, 0.1) is 10.6 Å². The van der Waals surface area contributed by atoms with Crippen molar-refractivity contribution < 1.29 is 14.5 Å². The predicted molar refractivity (Wildman–Crippen MR) is 80.1 cm³/mol. The zero-order valence-electron chi connectivity index (χ0n) is 11.6. The van der Waals surface area contributed by atoms with E-state index in [1.807, 2.05) is 0 Å². The number of hydrazine groups is 2. The molecule has 3 amide bonds. The number of urea groups is 1. The zero-order valence-corrected chi connectivity index (χ0v) is 11.6. The lowest BCUT2D eigenvalue weighted by molar-refractivity contribution is -0.384. The molecular weight excluding hydrogens is 304 g/mol. The first-order valence-electron chi connectivity index (χ1n) is 6.33. The van der Waals surface area contributed by atoms with Crippen LogP contribution in [0.15, 0.2) is 48.8 Å². The Morgan fingerprint density at radius 2 is 1.61 bits per heavy atom. The fourth-order valence-electron chi connectivity index (χ4n) is 1.52. The predicted octanol–water partition coefficient (Wildman–Crippen LogP) is 0.961. The lowest BCUT2D eigenvalue weighted by Gasteiger charge is -2.10. The van der Waals surface area contributed by atoms with E-state index in [-0.39, 0.29) is 5.69 Å². The first kappa shape index (κ1) is 15.7. The molecule has 0 fully saturated rings. The molecule has 2 rings (SSSR count). The van der Waals surface area contributed by atoms with Gasteiger partial charge in [-0.05, 0) is 24.3 Å². The average molecular weight is 316 g/mol. The van der Waals surface area contributed by atoms with E-state index in [0.29, 0.717) is 11.3 Å². The zero-order chi connectivity index (χ0) is 16.7. The Morgan fingerprint density at radius 1 is 0.957 bits per heavy atom. The highest BCUT2D eigenvalue weighted by atomic mass is 16.6. The van der Waals surface area contributed by atoms with Crippen molar-refractivity contribution in [1.82, 2.24) is 21.3 Å². The van der Waals surface area contributed by atoms with Gasteiger partial charge in [0.15, 0.2) is 0 Å². The summed E-state index contributed by atoms with van der Waals surface area (Å²) in [6.07, 6.45) is 2.90. The van der Waals surface area contributed by atoms with E-state index in [1.165, 1.54) is 48.8 Å². The molecule has 23 heavy (non-hydrogen) atoms. The number of anilines is 1. The number of nitrogens with zero attached hydrogens (tertiary/aromatic N) is 2. The fraction of sp³-hybridized carbons (Fsp3) is 0. The summed E-state index contributed by atoms with van der Waals surface area (Å²) < 4.78 is 0. The van der Waals surface area contributed by atoms with Crippen LogP contribution >= 0.6 is 0 Å². The van der Waals surface area contributed by atoms with Crippen LogP contribution in [0, 0.1) is 10.1 Å². The molecule has 0 aliphatic carbocycles. The van der Waals surface area contributed by atoms with Gasteiger partial charge < -0.3 is 0 Å². The van der Waals surface area contributed by atoms with Crippen molar-refractivity contribution in [2.75, 3.05) is 5.43 Å². The second-order valence-electron chi connectivity index (χ2n) is 4.20. The van der Waals surface area contributed by atoms with E-state index in [4.69, 9.17) is 0 Å². The number of nitro groups is 1. The van der Waals surface area contributed by atoms with E-state index in [0.717, 1.165) is 0 Å². The van der Waals surface area contributed by atoms with Crippen LogP contribution < -0.4 is 21.7 Å². The molecule has 1 aromatic carbocycles. The maximum absolute atomic E-state index is 11.7. The summed E-state index contributed by atoms with van der Waals surface area (Å²) in [7, 11) is 0. The SMILES string of the molecule is O=C(NNC(=O)c1ccncc1)NNc1ccc([N+](=O)[O-])cc1. The number of hydrogen-bond donors (Lipinski definition) is 4. The minimum absolute atomic E-state index is 0.0652. The lowest BCUT2D eigenvalue weighted by atomic mass is 10.3. The Morgan fingerprint density at radius 3 is 2.22 bits per heavy atom. The standard InChI is InChI=1S/C13H12N6O4/c20-12(9-5-7-14-8-6-9)16-18-13(21)17-15-10-1-3-11(4-2-10)19(22)23/h1-8,15H,(H,16,20)(H2,17,18,21). The van der Waals surface area contributed by atoms with E-state index in [9.17, 15) is 19.7 Å². The van der Waals surface area contributed by atoms with Crippen LogP contribution in [-0.4, -0.2) is 21.8 Å². The van der Waals surface area contributed by atoms with Gasteiger partial charge in [0, 0.05) is 30.1 Å². The van der Waals surface area contributed by atoms with Crippen LogP contribution in [0.1, 0.15) is 10.4 Å². The molecule has 0 spiro atoms. The van der Waals surface area contributed by atoms with Crippen molar-refractivity contribution in [3.63, 3.8) is 0 Å².